The maximum atomic E-state index is 13.0. The highest BCUT2D eigenvalue weighted by Gasteiger charge is 2.26. The number of hydrogen-bond acceptors (Lipinski definition) is 5. The summed E-state index contributed by atoms with van der Waals surface area (Å²) < 4.78 is 1.63. The molecule has 1 amide bonds. The predicted octanol–water partition coefficient (Wildman–Crippen LogP) is 3.39. The number of nitrogens with zero attached hydrogens (tertiary/aromatic N) is 5. The van der Waals surface area contributed by atoms with Gasteiger partial charge in [0.2, 0.25) is 0 Å². The zero-order valence-corrected chi connectivity index (χ0v) is 17.6. The molecule has 1 saturated heterocycles. The van der Waals surface area contributed by atoms with Gasteiger partial charge in [-0.1, -0.05) is 22.9 Å². The average molecular weight is 424 g/mol. The molecule has 0 saturated carbocycles. The van der Waals surface area contributed by atoms with Gasteiger partial charge >= 0.3 is 0 Å². The normalized spacial score (nSPS) is 14.1. The van der Waals surface area contributed by atoms with E-state index in [1.54, 1.807) is 28.6 Å². The molecular formula is C22H22ClN5O2. The van der Waals surface area contributed by atoms with Crippen LogP contribution >= 0.6 is 11.6 Å². The number of halogens is 1. The fourth-order valence-electron chi connectivity index (χ4n) is 3.60. The van der Waals surface area contributed by atoms with E-state index in [2.05, 4.69) is 15.2 Å². The van der Waals surface area contributed by atoms with Crippen LogP contribution in [0.2, 0.25) is 5.02 Å². The number of carbonyl (C=O) groups excluding carboxylic acids is 2. The van der Waals surface area contributed by atoms with Gasteiger partial charge < -0.3 is 9.80 Å². The molecule has 0 radical (unpaired) electrons. The molecule has 2 heterocycles. The number of hydrogen-bond donors (Lipinski definition) is 0. The minimum atomic E-state index is -0.118. The number of ketones is 1. The van der Waals surface area contributed by atoms with Crippen molar-refractivity contribution in [3.8, 4) is 5.69 Å². The molecule has 7 nitrogen and oxygen atoms in total. The number of aromatic nitrogens is 3. The van der Waals surface area contributed by atoms with Gasteiger partial charge in [0.15, 0.2) is 11.5 Å². The highest BCUT2D eigenvalue weighted by atomic mass is 35.5. The first-order valence-corrected chi connectivity index (χ1v) is 10.2. The molecule has 0 atom stereocenters. The number of benzene rings is 2. The standard InChI is InChI=1S/C22H22ClN5O2/c1-15-21(24-25-28(15)20-5-3-4-18(23)14-20)22(30)27-12-10-26(11-13-27)19-8-6-17(7-9-19)16(2)29/h3-9,14H,10-13H2,1-2H3. The number of rotatable bonds is 4. The summed E-state index contributed by atoms with van der Waals surface area (Å²) in [4.78, 5) is 28.5. The van der Waals surface area contributed by atoms with E-state index in [9.17, 15) is 9.59 Å². The Balaban J connectivity index is 1.44. The van der Waals surface area contributed by atoms with E-state index in [1.165, 1.54) is 0 Å². The molecule has 0 bridgehead atoms. The van der Waals surface area contributed by atoms with Gasteiger partial charge in [-0.2, -0.15) is 0 Å². The molecule has 1 aromatic heterocycles. The second-order valence-corrected chi connectivity index (χ2v) is 7.73. The number of carbonyl (C=O) groups is 2. The largest absolute Gasteiger partial charge is 0.368 e. The van der Waals surface area contributed by atoms with E-state index >= 15 is 0 Å². The van der Waals surface area contributed by atoms with Crippen LogP contribution in [0, 0.1) is 6.92 Å². The van der Waals surface area contributed by atoms with Gasteiger partial charge in [-0.05, 0) is 56.3 Å². The molecule has 8 heteroatoms. The van der Waals surface area contributed by atoms with Crippen molar-refractivity contribution in [2.45, 2.75) is 13.8 Å². The molecule has 3 aromatic rings. The van der Waals surface area contributed by atoms with E-state index in [0.717, 1.165) is 11.4 Å². The average Bonchev–Trinajstić information content (AvgIpc) is 3.14. The highest BCUT2D eigenvalue weighted by Crippen LogP contribution is 2.20. The first-order chi connectivity index (χ1) is 14.4. The van der Waals surface area contributed by atoms with E-state index in [0.29, 0.717) is 48.2 Å². The summed E-state index contributed by atoms with van der Waals surface area (Å²) in [6.45, 7) is 6.01. The highest BCUT2D eigenvalue weighted by molar-refractivity contribution is 6.30. The quantitative estimate of drug-likeness (QED) is 0.601. The molecular weight excluding hydrogens is 402 g/mol. The van der Waals surface area contributed by atoms with Crippen molar-refractivity contribution < 1.29 is 9.59 Å². The Hall–Kier alpha value is -3.19. The Labute approximate surface area is 179 Å². The third-order valence-corrected chi connectivity index (χ3v) is 5.59. The van der Waals surface area contributed by atoms with Crippen molar-refractivity contribution in [1.29, 1.82) is 0 Å². The molecule has 1 aliphatic rings. The Morgan fingerprint density at radius 3 is 2.30 bits per heavy atom. The SMILES string of the molecule is CC(=O)c1ccc(N2CCN(C(=O)c3nnn(-c4cccc(Cl)c4)c3C)CC2)cc1. The maximum absolute atomic E-state index is 13.0. The lowest BCUT2D eigenvalue weighted by Gasteiger charge is -2.35. The Morgan fingerprint density at radius 1 is 0.967 bits per heavy atom. The fraction of sp³-hybridized carbons (Fsp3) is 0.273. The molecule has 4 rings (SSSR count). The summed E-state index contributed by atoms with van der Waals surface area (Å²) in [6, 6.07) is 14.9. The number of anilines is 1. The van der Waals surface area contributed by atoms with E-state index in [-0.39, 0.29) is 11.7 Å². The van der Waals surface area contributed by atoms with Crippen LogP contribution in [-0.4, -0.2) is 57.8 Å². The Morgan fingerprint density at radius 2 is 1.67 bits per heavy atom. The van der Waals surface area contributed by atoms with E-state index in [4.69, 9.17) is 11.6 Å². The van der Waals surface area contributed by atoms with Crippen LogP contribution < -0.4 is 4.90 Å². The fourth-order valence-corrected chi connectivity index (χ4v) is 3.79. The number of piperazine rings is 1. The zero-order chi connectivity index (χ0) is 21.3. The van der Waals surface area contributed by atoms with Crippen LogP contribution in [-0.2, 0) is 0 Å². The van der Waals surface area contributed by atoms with Crippen molar-refractivity contribution in [3.05, 3.63) is 70.5 Å². The van der Waals surface area contributed by atoms with Gasteiger partial charge in [0.1, 0.15) is 0 Å². The summed E-state index contributed by atoms with van der Waals surface area (Å²) in [7, 11) is 0. The van der Waals surface area contributed by atoms with Crippen LogP contribution in [0.3, 0.4) is 0 Å². The summed E-state index contributed by atoms with van der Waals surface area (Å²) >= 11 is 6.07. The van der Waals surface area contributed by atoms with Crippen LogP contribution in [0.25, 0.3) is 5.69 Å². The maximum Gasteiger partial charge on any atom is 0.276 e. The molecule has 1 fully saturated rings. The lowest BCUT2D eigenvalue weighted by molar-refractivity contribution is 0.0739. The molecule has 0 spiro atoms. The number of amides is 1. The Bertz CT molecular complexity index is 1090. The lowest BCUT2D eigenvalue weighted by Crippen LogP contribution is -2.49. The predicted molar refractivity (Wildman–Crippen MR) is 116 cm³/mol. The van der Waals surface area contributed by atoms with Gasteiger partial charge in [0.25, 0.3) is 5.91 Å². The van der Waals surface area contributed by atoms with Gasteiger partial charge in [-0.25, -0.2) is 4.68 Å². The van der Waals surface area contributed by atoms with Crippen molar-refractivity contribution >= 4 is 29.0 Å². The van der Waals surface area contributed by atoms with Crippen LogP contribution in [0.5, 0.6) is 0 Å². The van der Waals surface area contributed by atoms with Crippen molar-refractivity contribution in [2.24, 2.45) is 0 Å². The number of Topliss-reactive ketones (excluding diaryl/α,β-unsaturated/α-hetero) is 1. The summed E-state index contributed by atoms with van der Waals surface area (Å²) in [5.41, 5.74) is 3.56. The van der Waals surface area contributed by atoms with Crippen molar-refractivity contribution in [2.75, 3.05) is 31.1 Å². The lowest BCUT2D eigenvalue weighted by atomic mass is 10.1. The van der Waals surface area contributed by atoms with Crippen LogP contribution in [0.1, 0.15) is 33.5 Å². The Kier molecular flexibility index (Phi) is 5.55. The van der Waals surface area contributed by atoms with Gasteiger partial charge in [0, 0.05) is 42.5 Å². The zero-order valence-electron chi connectivity index (χ0n) is 16.9. The second kappa shape index (κ2) is 8.28. The second-order valence-electron chi connectivity index (χ2n) is 7.30. The summed E-state index contributed by atoms with van der Waals surface area (Å²) in [6.07, 6.45) is 0. The molecule has 154 valence electrons. The van der Waals surface area contributed by atoms with E-state index in [1.807, 2.05) is 43.3 Å². The monoisotopic (exact) mass is 423 g/mol. The first-order valence-electron chi connectivity index (χ1n) is 9.77. The first kappa shape index (κ1) is 20.1. The third kappa shape index (κ3) is 3.93. The van der Waals surface area contributed by atoms with Gasteiger partial charge in [0.05, 0.1) is 11.4 Å². The minimum absolute atomic E-state index is 0.0538. The minimum Gasteiger partial charge on any atom is -0.368 e. The smallest absolute Gasteiger partial charge is 0.276 e. The molecule has 2 aromatic carbocycles. The summed E-state index contributed by atoms with van der Waals surface area (Å²) in [5.74, 6) is -0.0643. The van der Waals surface area contributed by atoms with Gasteiger partial charge in [-0.3, -0.25) is 9.59 Å². The molecule has 1 aliphatic heterocycles. The van der Waals surface area contributed by atoms with Crippen LogP contribution in [0.4, 0.5) is 5.69 Å². The molecule has 0 unspecified atom stereocenters. The third-order valence-electron chi connectivity index (χ3n) is 5.36. The van der Waals surface area contributed by atoms with E-state index < -0.39 is 0 Å². The van der Waals surface area contributed by atoms with Gasteiger partial charge in [-0.15, -0.1) is 5.10 Å². The topological polar surface area (TPSA) is 71.3 Å². The van der Waals surface area contributed by atoms with Crippen molar-refractivity contribution in [1.82, 2.24) is 19.9 Å². The summed E-state index contributed by atoms with van der Waals surface area (Å²) in [5, 5.41) is 8.88. The molecule has 0 N–H and O–H groups in total. The molecule has 0 aliphatic carbocycles. The van der Waals surface area contributed by atoms with Crippen LogP contribution in [0.15, 0.2) is 48.5 Å². The molecule has 30 heavy (non-hydrogen) atoms. The van der Waals surface area contributed by atoms with Crippen molar-refractivity contribution in [3.63, 3.8) is 0 Å².